The molecule has 16 heavy (non-hydrogen) atoms. The van der Waals surface area contributed by atoms with Gasteiger partial charge in [-0.15, -0.1) is 11.3 Å². The SMILES string of the molecule is CCNC1(c2nccs2)CC(C)CC(C)C1. The van der Waals surface area contributed by atoms with Crippen molar-refractivity contribution in [1.82, 2.24) is 10.3 Å². The lowest BCUT2D eigenvalue weighted by atomic mass is 9.72. The van der Waals surface area contributed by atoms with Crippen LogP contribution in [0, 0.1) is 11.8 Å². The normalized spacial score (nSPS) is 35.2. The molecule has 1 aromatic heterocycles. The van der Waals surface area contributed by atoms with Gasteiger partial charge in [0.15, 0.2) is 0 Å². The summed E-state index contributed by atoms with van der Waals surface area (Å²) in [5.74, 6) is 1.60. The van der Waals surface area contributed by atoms with Gasteiger partial charge in [0.1, 0.15) is 5.01 Å². The Hall–Kier alpha value is -0.410. The maximum atomic E-state index is 4.56. The van der Waals surface area contributed by atoms with E-state index in [4.69, 9.17) is 0 Å². The molecule has 0 amide bonds. The third kappa shape index (κ3) is 2.30. The Bertz CT molecular complexity index is 311. The maximum Gasteiger partial charge on any atom is 0.113 e. The molecule has 0 spiro atoms. The lowest BCUT2D eigenvalue weighted by molar-refractivity contribution is 0.145. The van der Waals surface area contributed by atoms with Crippen LogP contribution < -0.4 is 5.32 Å². The summed E-state index contributed by atoms with van der Waals surface area (Å²) >= 11 is 1.80. The van der Waals surface area contributed by atoms with Crippen LogP contribution in [-0.2, 0) is 5.54 Å². The predicted molar refractivity (Wildman–Crippen MR) is 69.6 cm³/mol. The monoisotopic (exact) mass is 238 g/mol. The summed E-state index contributed by atoms with van der Waals surface area (Å²) in [7, 11) is 0. The highest BCUT2D eigenvalue weighted by atomic mass is 32.1. The van der Waals surface area contributed by atoms with E-state index >= 15 is 0 Å². The third-order valence-corrected chi connectivity index (χ3v) is 4.53. The minimum absolute atomic E-state index is 0.153. The second-order valence-corrected chi connectivity index (χ2v) is 6.20. The van der Waals surface area contributed by atoms with Gasteiger partial charge in [0, 0.05) is 11.6 Å². The summed E-state index contributed by atoms with van der Waals surface area (Å²) in [6.45, 7) is 7.96. The van der Waals surface area contributed by atoms with Crippen molar-refractivity contribution in [2.24, 2.45) is 11.8 Å². The zero-order chi connectivity index (χ0) is 11.6. The molecule has 1 fully saturated rings. The molecule has 1 N–H and O–H groups in total. The molecule has 2 nitrogen and oxygen atoms in total. The van der Waals surface area contributed by atoms with E-state index in [0.717, 1.165) is 18.4 Å². The Kier molecular flexibility index (Phi) is 3.65. The molecule has 1 aliphatic carbocycles. The van der Waals surface area contributed by atoms with E-state index in [0.29, 0.717) is 0 Å². The number of nitrogens with one attached hydrogen (secondary N) is 1. The van der Waals surface area contributed by atoms with Gasteiger partial charge in [0.2, 0.25) is 0 Å². The molecule has 0 radical (unpaired) electrons. The van der Waals surface area contributed by atoms with Gasteiger partial charge in [-0.3, -0.25) is 0 Å². The van der Waals surface area contributed by atoms with Crippen molar-refractivity contribution in [2.45, 2.75) is 45.6 Å². The summed E-state index contributed by atoms with van der Waals surface area (Å²) < 4.78 is 0. The summed E-state index contributed by atoms with van der Waals surface area (Å²) in [5, 5.41) is 7.09. The first kappa shape index (κ1) is 12.1. The molecular weight excluding hydrogens is 216 g/mol. The number of thiazole rings is 1. The van der Waals surface area contributed by atoms with Gasteiger partial charge in [-0.25, -0.2) is 4.98 Å². The van der Waals surface area contributed by atoms with Crippen molar-refractivity contribution < 1.29 is 0 Å². The Morgan fingerprint density at radius 2 is 2.12 bits per heavy atom. The van der Waals surface area contributed by atoms with Crippen LogP contribution in [0.15, 0.2) is 11.6 Å². The van der Waals surface area contributed by atoms with E-state index in [2.05, 4.69) is 36.5 Å². The molecule has 0 aromatic carbocycles. The summed E-state index contributed by atoms with van der Waals surface area (Å²) in [4.78, 5) is 4.56. The van der Waals surface area contributed by atoms with Crippen molar-refractivity contribution in [1.29, 1.82) is 0 Å². The van der Waals surface area contributed by atoms with Gasteiger partial charge in [-0.05, 0) is 37.6 Å². The van der Waals surface area contributed by atoms with Crippen LogP contribution in [-0.4, -0.2) is 11.5 Å². The highest BCUT2D eigenvalue weighted by Gasteiger charge is 2.40. The van der Waals surface area contributed by atoms with Gasteiger partial charge in [-0.2, -0.15) is 0 Å². The third-order valence-electron chi connectivity index (χ3n) is 3.56. The largest absolute Gasteiger partial charge is 0.306 e. The second-order valence-electron chi connectivity index (χ2n) is 5.30. The van der Waals surface area contributed by atoms with Gasteiger partial charge in [0.05, 0.1) is 5.54 Å². The smallest absolute Gasteiger partial charge is 0.113 e. The van der Waals surface area contributed by atoms with E-state index in [1.807, 2.05) is 6.20 Å². The zero-order valence-corrected chi connectivity index (χ0v) is 11.3. The average Bonchev–Trinajstić information content (AvgIpc) is 2.69. The summed E-state index contributed by atoms with van der Waals surface area (Å²) in [6.07, 6.45) is 5.76. The Labute approximate surface area is 102 Å². The molecule has 0 aliphatic heterocycles. The standard InChI is InChI=1S/C13H22N2S/c1-4-15-13(12-14-5-6-16-12)8-10(2)7-11(3)9-13/h5-6,10-11,15H,4,7-9H2,1-3H3. The molecule has 2 unspecified atom stereocenters. The van der Waals surface area contributed by atoms with Gasteiger partial charge >= 0.3 is 0 Å². The van der Waals surface area contributed by atoms with Gasteiger partial charge < -0.3 is 5.32 Å². The predicted octanol–water partition coefficient (Wildman–Crippen LogP) is 3.40. The fourth-order valence-electron chi connectivity index (χ4n) is 3.32. The van der Waals surface area contributed by atoms with Crippen LogP contribution in [0.1, 0.15) is 45.0 Å². The van der Waals surface area contributed by atoms with E-state index in [1.165, 1.54) is 24.3 Å². The molecule has 0 bridgehead atoms. The van der Waals surface area contributed by atoms with Crippen LogP contribution in [0.2, 0.25) is 0 Å². The average molecular weight is 238 g/mol. The molecule has 2 atom stereocenters. The van der Waals surface area contributed by atoms with Crippen molar-refractivity contribution in [3.63, 3.8) is 0 Å². The summed E-state index contributed by atoms with van der Waals surface area (Å²) in [6, 6.07) is 0. The lowest BCUT2D eigenvalue weighted by Crippen LogP contribution is -2.47. The van der Waals surface area contributed by atoms with Crippen LogP contribution in [0.5, 0.6) is 0 Å². The molecule has 1 saturated carbocycles. The first-order chi connectivity index (χ1) is 7.66. The molecule has 3 heteroatoms. The number of nitrogens with zero attached hydrogens (tertiary/aromatic N) is 1. The molecule has 2 rings (SSSR count). The second kappa shape index (κ2) is 4.84. The van der Waals surface area contributed by atoms with Crippen molar-refractivity contribution in [2.75, 3.05) is 6.54 Å². The first-order valence-corrected chi connectivity index (χ1v) is 7.19. The molecule has 90 valence electrons. The highest BCUT2D eigenvalue weighted by molar-refractivity contribution is 7.09. The number of hydrogen-bond acceptors (Lipinski definition) is 3. The minimum atomic E-state index is 0.153. The fourth-order valence-corrected chi connectivity index (χ4v) is 4.16. The Morgan fingerprint density at radius 1 is 1.44 bits per heavy atom. The lowest BCUT2D eigenvalue weighted by Gasteiger charge is -2.42. The maximum absolute atomic E-state index is 4.56. The number of aromatic nitrogens is 1. The molecular formula is C13H22N2S. The van der Waals surface area contributed by atoms with E-state index in [9.17, 15) is 0 Å². The number of hydrogen-bond donors (Lipinski definition) is 1. The Balaban J connectivity index is 2.27. The Morgan fingerprint density at radius 3 is 2.62 bits per heavy atom. The number of rotatable bonds is 3. The van der Waals surface area contributed by atoms with Crippen molar-refractivity contribution >= 4 is 11.3 Å². The van der Waals surface area contributed by atoms with Crippen molar-refractivity contribution in [3.8, 4) is 0 Å². The van der Waals surface area contributed by atoms with E-state index < -0.39 is 0 Å². The van der Waals surface area contributed by atoms with Gasteiger partial charge in [0.25, 0.3) is 0 Å². The van der Waals surface area contributed by atoms with Crippen LogP contribution in [0.4, 0.5) is 0 Å². The van der Waals surface area contributed by atoms with Crippen LogP contribution in [0.3, 0.4) is 0 Å². The topological polar surface area (TPSA) is 24.9 Å². The fraction of sp³-hybridized carbons (Fsp3) is 0.769. The van der Waals surface area contributed by atoms with Crippen molar-refractivity contribution in [3.05, 3.63) is 16.6 Å². The molecule has 1 aromatic rings. The minimum Gasteiger partial charge on any atom is -0.306 e. The molecule has 0 saturated heterocycles. The molecule has 1 aliphatic rings. The van der Waals surface area contributed by atoms with Crippen LogP contribution in [0.25, 0.3) is 0 Å². The highest BCUT2D eigenvalue weighted by Crippen LogP contribution is 2.43. The van der Waals surface area contributed by atoms with Gasteiger partial charge in [-0.1, -0.05) is 20.8 Å². The summed E-state index contributed by atoms with van der Waals surface area (Å²) in [5.41, 5.74) is 0.153. The zero-order valence-electron chi connectivity index (χ0n) is 10.5. The first-order valence-electron chi connectivity index (χ1n) is 6.31. The van der Waals surface area contributed by atoms with E-state index in [1.54, 1.807) is 11.3 Å². The van der Waals surface area contributed by atoms with Crippen LogP contribution >= 0.6 is 11.3 Å². The molecule has 1 heterocycles. The quantitative estimate of drug-likeness (QED) is 0.873. The van der Waals surface area contributed by atoms with E-state index in [-0.39, 0.29) is 5.54 Å².